The van der Waals surface area contributed by atoms with Crippen LogP contribution in [0.1, 0.15) is 21.7 Å². The van der Waals surface area contributed by atoms with Crippen LogP contribution in [0.25, 0.3) is 6.08 Å². The molecule has 0 saturated heterocycles. The number of nitro groups is 1. The van der Waals surface area contributed by atoms with E-state index in [-0.39, 0.29) is 27.7 Å². The molecule has 0 aliphatic carbocycles. The van der Waals surface area contributed by atoms with E-state index < -0.39 is 34.2 Å². The molecule has 3 rings (SSSR count). The molecule has 0 aliphatic heterocycles. The zero-order chi connectivity index (χ0) is 24.2. The summed E-state index contributed by atoms with van der Waals surface area (Å²) in [5.74, 6) is -1.75. The lowest BCUT2D eigenvalue weighted by Crippen LogP contribution is -2.16. The first-order chi connectivity index (χ1) is 15.5. The molecule has 0 bridgehead atoms. The third kappa shape index (κ3) is 5.98. The highest BCUT2D eigenvalue weighted by atomic mass is 35.5. The number of furan rings is 1. The molecular weight excluding hydrogens is 467 g/mol. The summed E-state index contributed by atoms with van der Waals surface area (Å²) in [7, 11) is 0. The molecule has 3 aromatic rings. The van der Waals surface area contributed by atoms with Crippen LogP contribution in [-0.2, 0) is 11.0 Å². The lowest BCUT2D eigenvalue weighted by atomic mass is 10.1. The Balaban J connectivity index is 1.78. The Hall–Kier alpha value is -4.12. The second-order valence-electron chi connectivity index (χ2n) is 6.48. The second-order valence-corrected chi connectivity index (χ2v) is 6.89. The van der Waals surface area contributed by atoms with Gasteiger partial charge in [0.1, 0.15) is 5.02 Å². The van der Waals surface area contributed by atoms with Crippen molar-refractivity contribution in [3.63, 3.8) is 0 Å². The van der Waals surface area contributed by atoms with E-state index >= 15 is 0 Å². The maximum absolute atomic E-state index is 13.5. The second kappa shape index (κ2) is 9.57. The van der Waals surface area contributed by atoms with E-state index in [1.54, 1.807) is 0 Å². The van der Waals surface area contributed by atoms with Crippen LogP contribution in [0.4, 0.5) is 30.2 Å². The molecule has 1 heterocycles. The van der Waals surface area contributed by atoms with Gasteiger partial charge in [-0.25, -0.2) is 0 Å². The summed E-state index contributed by atoms with van der Waals surface area (Å²) in [4.78, 5) is 34.4. The first-order valence-electron chi connectivity index (χ1n) is 9.03. The average Bonchev–Trinajstić information content (AvgIpc) is 3.28. The van der Waals surface area contributed by atoms with E-state index in [4.69, 9.17) is 16.0 Å². The van der Waals surface area contributed by atoms with Crippen LogP contribution < -0.4 is 10.6 Å². The highest BCUT2D eigenvalue weighted by Gasteiger charge is 2.34. The van der Waals surface area contributed by atoms with Gasteiger partial charge < -0.3 is 15.1 Å². The van der Waals surface area contributed by atoms with Crippen LogP contribution in [0.15, 0.2) is 65.3 Å². The molecule has 2 N–H and O–H groups in total. The summed E-state index contributed by atoms with van der Waals surface area (Å²) in [5, 5.41) is 15.2. The molecular formula is C21H13ClF3N3O5. The zero-order valence-electron chi connectivity index (χ0n) is 16.4. The van der Waals surface area contributed by atoms with E-state index in [0.29, 0.717) is 6.07 Å². The lowest BCUT2D eigenvalue weighted by molar-refractivity contribution is -0.384. The van der Waals surface area contributed by atoms with E-state index in [9.17, 15) is 32.9 Å². The van der Waals surface area contributed by atoms with E-state index in [1.165, 1.54) is 42.7 Å². The van der Waals surface area contributed by atoms with Crippen molar-refractivity contribution in [3.8, 4) is 0 Å². The minimum absolute atomic E-state index is 0.0893. The number of carbonyl (C=O) groups excluding carboxylic acids is 2. The van der Waals surface area contributed by atoms with Gasteiger partial charge in [-0.05, 0) is 48.0 Å². The average molecular weight is 480 g/mol. The number of nitro benzene ring substituents is 1. The number of anilines is 2. The summed E-state index contributed by atoms with van der Waals surface area (Å²) in [5.41, 5.74) is -2.04. The predicted molar refractivity (Wildman–Crippen MR) is 114 cm³/mol. The fourth-order valence-corrected chi connectivity index (χ4v) is 2.87. The van der Waals surface area contributed by atoms with Gasteiger partial charge in [0.15, 0.2) is 5.76 Å². The molecule has 0 unspecified atom stereocenters. The minimum atomic E-state index is -4.84. The number of halogens is 4. The van der Waals surface area contributed by atoms with Crippen molar-refractivity contribution < 1.29 is 32.1 Å². The fraction of sp³-hybridized carbons (Fsp3) is 0.0476. The van der Waals surface area contributed by atoms with Crippen LogP contribution in [0.2, 0.25) is 5.02 Å². The van der Waals surface area contributed by atoms with Crippen LogP contribution in [0, 0.1) is 10.1 Å². The first-order valence-corrected chi connectivity index (χ1v) is 9.41. The standard InChI is InChI=1S/C21H13ClF3N3O5/c22-15-6-3-12(10-17(15)28(31)32)4-8-19(29)27-16-7-5-13(11-14(16)21(23,24)25)26-20(30)18-2-1-9-33-18/h1-11H,(H,26,30)(H,27,29)/b8-4+. The quantitative estimate of drug-likeness (QED) is 0.265. The molecule has 0 atom stereocenters. The van der Waals surface area contributed by atoms with Gasteiger partial charge in [-0.3, -0.25) is 19.7 Å². The summed E-state index contributed by atoms with van der Waals surface area (Å²) in [6.07, 6.45) is -1.50. The Morgan fingerprint density at radius 1 is 1.09 bits per heavy atom. The number of carbonyl (C=O) groups is 2. The Bertz CT molecular complexity index is 1240. The third-order valence-corrected chi connectivity index (χ3v) is 4.50. The maximum atomic E-state index is 13.5. The van der Waals surface area contributed by atoms with Gasteiger partial charge in [-0.2, -0.15) is 13.2 Å². The Morgan fingerprint density at radius 3 is 2.48 bits per heavy atom. The van der Waals surface area contributed by atoms with E-state index in [1.807, 2.05) is 0 Å². The van der Waals surface area contributed by atoms with Crippen molar-refractivity contribution in [2.24, 2.45) is 0 Å². The molecule has 0 fully saturated rings. The number of hydrogen-bond donors (Lipinski definition) is 2. The molecule has 0 radical (unpaired) electrons. The van der Waals surface area contributed by atoms with Crippen molar-refractivity contribution in [3.05, 3.63) is 92.9 Å². The Morgan fingerprint density at radius 2 is 1.85 bits per heavy atom. The minimum Gasteiger partial charge on any atom is -0.459 e. The smallest absolute Gasteiger partial charge is 0.418 e. The molecule has 12 heteroatoms. The number of hydrogen-bond acceptors (Lipinski definition) is 5. The fourth-order valence-electron chi connectivity index (χ4n) is 2.69. The van der Waals surface area contributed by atoms with Crippen molar-refractivity contribution in [2.75, 3.05) is 10.6 Å². The monoisotopic (exact) mass is 479 g/mol. The number of amides is 2. The molecule has 1 aromatic heterocycles. The highest BCUT2D eigenvalue weighted by Crippen LogP contribution is 2.37. The summed E-state index contributed by atoms with van der Waals surface area (Å²) >= 11 is 5.71. The highest BCUT2D eigenvalue weighted by molar-refractivity contribution is 6.32. The van der Waals surface area contributed by atoms with Gasteiger partial charge in [0.25, 0.3) is 11.6 Å². The summed E-state index contributed by atoms with van der Waals surface area (Å²) in [6.45, 7) is 0. The largest absolute Gasteiger partial charge is 0.459 e. The van der Waals surface area contributed by atoms with Crippen LogP contribution in [0.3, 0.4) is 0 Å². The van der Waals surface area contributed by atoms with Gasteiger partial charge >= 0.3 is 6.18 Å². The van der Waals surface area contributed by atoms with Crippen LogP contribution >= 0.6 is 11.6 Å². The predicted octanol–water partition coefficient (Wildman–Crippen LogP) is 5.76. The van der Waals surface area contributed by atoms with Gasteiger partial charge in [-0.15, -0.1) is 0 Å². The Kier molecular flexibility index (Phi) is 6.83. The summed E-state index contributed by atoms with van der Waals surface area (Å²) < 4.78 is 45.5. The molecule has 170 valence electrons. The third-order valence-electron chi connectivity index (χ3n) is 4.18. The molecule has 8 nitrogen and oxygen atoms in total. The number of benzene rings is 2. The van der Waals surface area contributed by atoms with Crippen molar-refractivity contribution in [2.45, 2.75) is 6.18 Å². The van der Waals surface area contributed by atoms with Crippen LogP contribution in [0.5, 0.6) is 0 Å². The van der Waals surface area contributed by atoms with E-state index in [2.05, 4.69) is 10.6 Å². The molecule has 0 saturated carbocycles. The van der Waals surface area contributed by atoms with Crippen molar-refractivity contribution in [1.29, 1.82) is 0 Å². The van der Waals surface area contributed by atoms with Gasteiger partial charge in [-0.1, -0.05) is 17.7 Å². The summed E-state index contributed by atoms with van der Waals surface area (Å²) in [6, 6.07) is 9.40. The zero-order valence-corrected chi connectivity index (χ0v) is 17.1. The normalized spacial score (nSPS) is 11.4. The lowest BCUT2D eigenvalue weighted by Gasteiger charge is -2.15. The molecule has 2 amide bonds. The number of nitrogens with one attached hydrogen (secondary N) is 2. The number of nitrogens with zero attached hydrogens (tertiary/aromatic N) is 1. The van der Waals surface area contributed by atoms with Gasteiger partial charge in [0.2, 0.25) is 5.91 Å². The van der Waals surface area contributed by atoms with Crippen molar-refractivity contribution in [1.82, 2.24) is 0 Å². The maximum Gasteiger partial charge on any atom is 0.418 e. The Labute approximate surface area is 188 Å². The molecule has 0 aliphatic rings. The van der Waals surface area contributed by atoms with Gasteiger partial charge in [0.05, 0.1) is 22.4 Å². The van der Waals surface area contributed by atoms with Crippen molar-refractivity contribution >= 4 is 46.6 Å². The van der Waals surface area contributed by atoms with E-state index in [0.717, 1.165) is 18.2 Å². The topological polar surface area (TPSA) is 114 Å². The number of rotatable bonds is 6. The first kappa shape index (κ1) is 23.5. The van der Waals surface area contributed by atoms with Gasteiger partial charge in [0, 0.05) is 17.8 Å². The molecule has 2 aromatic carbocycles. The molecule has 33 heavy (non-hydrogen) atoms. The SMILES string of the molecule is O=C(/C=C/c1ccc(Cl)c([N+](=O)[O-])c1)Nc1ccc(NC(=O)c2ccco2)cc1C(F)(F)F. The number of alkyl halides is 3. The van der Waals surface area contributed by atoms with Crippen LogP contribution in [-0.4, -0.2) is 16.7 Å². The molecule has 0 spiro atoms.